The molecule has 1 heterocycles. The fourth-order valence-corrected chi connectivity index (χ4v) is 3.00. The predicted octanol–water partition coefficient (Wildman–Crippen LogP) is 2.77. The first-order chi connectivity index (χ1) is 9.78. The Kier molecular flexibility index (Phi) is 3.90. The molecule has 3 rings (SSSR count). The number of piperidine rings is 1. The molecule has 0 aromatic heterocycles. The first kappa shape index (κ1) is 13.4. The third kappa shape index (κ3) is 2.65. The molecule has 106 valence electrons. The smallest absolute Gasteiger partial charge is 0.123 e. The van der Waals surface area contributed by atoms with Gasteiger partial charge < -0.3 is 10.5 Å². The van der Waals surface area contributed by atoms with Gasteiger partial charge in [0.1, 0.15) is 5.75 Å². The number of likely N-dealkylation sites (tertiary alicyclic amines) is 1. The van der Waals surface area contributed by atoms with Crippen molar-refractivity contribution >= 4 is 10.8 Å². The number of benzene rings is 2. The topological polar surface area (TPSA) is 38.5 Å². The number of hydrogen-bond acceptors (Lipinski definition) is 3. The average molecular weight is 270 g/mol. The van der Waals surface area contributed by atoms with Crippen LogP contribution < -0.4 is 10.5 Å². The largest absolute Gasteiger partial charge is 0.496 e. The molecule has 0 atom stereocenters. The highest BCUT2D eigenvalue weighted by molar-refractivity contribution is 5.87. The van der Waals surface area contributed by atoms with Crippen molar-refractivity contribution < 1.29 is 4.74 Å². The van der Waals surface area contributed by atoms with Crippen LogP contribution in [0.5, 0.6) is 5.75 Å². The minimum atomic E-state index is 0.376. The van der Waals surface area contributed by atoms with Gasteiger partial charge in [-0.05, 0) is 42.8 Å². The van der Waals surface area contributed by atoms with Crippen molar-refractivity contribution in [3.8, 4) is 5.75 Å². The molecule has 0 amide bonds. The van der Waals surface area contributed by atoms with Crippen LogP contribution in [0.4, 0.5) is 0 Å². The van der Waals surface area contributed by atoms with Gasteiger partial charge in [-0.2, -0.15) is 0 Å². The van der Waals surface area contributed by atoms with Gasteiger partial charge in [0.2, 0.25) is 0 Å². The number of nitrogens with two attached hydrogens (primary N) is 1. The minimum absolute atomic E-state index is 0.376. The molecule has 3 heteroatoms. The van der Waals surface area contributed by atoms with Gasteiger partial charge in [-0.15, -0.1) is 0 Å². The molecule has 1 aliphatic rings. The zero-order chi connectivity index (χ0) is 13.9. The molecule has 1 fully saturated rings. The molecule has 3 nitrogen and oxygen atoms in total. The Labute approximate surface area is 120 Å². The van der Waals surface area contributed by atoms with E-state index in [9.17, 15) is 0 Å². The fourth-order valence-electron chi connectivity index (χ4n) is 3.00. The quantitative estimate of drug-likeness (QED) is 0.932. The van der Waals surface area contributed by atoms with Crippen LogP contribution in [-0.4, -0.2) is 31.1 Å². The highest BCUT2D eigenvalue weighted by Gasteiger charge is 2.18. The summed E-state index contributed by atoms with van der Waals surface area (Å²) in [4.78, 5) is 2.48. The monoisotopic (exact) mass is 270 g/mol. The van der Waals surface area contributed by atoms with Crippen LogP contribution in [0.3, 0.4) is 0 Å². The zero-order valence-electron chi connectivity index (χ0n) is 12.0. The maximum Gasteiger partial charge on any atom is 0.123 e. The molecule has 2 aromatic carbocycles. The predicted molar refractivity (Wildman–Crippen MR) is 83.0 cm³/mol. The van der Waals surface area contributed by atoms with Gasteiger partial charge >= 0.3 is 0 Å². The zero-order valence-corrected chi connectivity index (χ0v) is 12.0. The lowest BCUT2D eigenvalue weighted by atomic mass is 10.0. The Morgan fingerprint density at radius 3 is 2.65 bits per heavy atom. The Morgan fingerprint density at radius 1 is 1.15 bits per heavy atom. The molecule has 1 aliphatic heterocycles. The number of nitrogens with zero attached hydrogens (tertiary/aromatic N) is 1. The SMILES string of the molecule is COc1ccc2ccccc2c1CN1CCC(N)CC1. The molecule has 0 saturated carbocycles. The summed E-state index contributed by atoms with van der Waals surface area (Å²) in [5.74, 6) is 0.985. The number of ether oxygens (including phenoxy) is 1. The first-order valence-electron chi connectivity index (χ1n) is 7.30. The van der Waals surface area contributed by atoms with Gasteiger partial charge in [0.05, 0.1) is 7.11 Å². The van der Waals surface area contributed by atoms with Crippen molar-refractivity contribution in [1.82, 2.24) is 4.90 Å². The maximum absolute atomic E-state index is 5.99. The van der Waals surface area contributed by atoms with Gasteiger partial charge in [-0.25, -0.2) is 0 Å². The third-order valence-corrected chi connectivity index (χ3v) is 4.23. The molecule has 20 heavy (non-hydrogen) atoms. The van der Waals surface area contributed by atoms with Crippen LogP contribution in [0.25, 0.3) is 10.8 Å². The van der Waals surface area contributed by atoms with E-state index >= 15 is 0 Å². The van der Waals surface area contributed by atoms with E-state index < -0.39 is 0 Å². The third-order valence-electron chi connectivity index (χ3n) is 4.23. The van der Waals surface area contributed by atoms with E-state index in [0.29, 0.717) is 6.04 Å². The molecule has 0 unspecified atom stereocenters. The van der Waals surface area contributed by atoms with Crippen molar-refractivity contribution in [1.29, 1.82) is 0 Å². The molecule has 0 radical (unpaired) electrons. The summed E-state index contributed by atoms with van der Waals surface area (Å²) in [6.07, 6.45) is 2.18. The number of methoxy groups -OCH3 is 1. The molecular formula is C17H22N2O. The molecule has 2 aromatic rings. The highest BCUT2D eigenvalue weighted by atomic mass is 16.5. The van der Waals surface area contributed by atoms with Crippen LogP contribution in [-0.2, 0) is 6.54 Å². The van der Waals surface area contributed by atoms with Crippen LogP contribution in [0.1, 0.15) is 18.4 Å². The lowest BCUT2D eigenvalue weighted by Crippen LogP contribution is -2.39. The lowest BCUT2D eigenvalue weighted by molar-refractivity contribution is 0.204. The summed E-state index contributed by atoms with van der Waals surface area (Å²) >= 11 is 0. The standard InChI is InChI=1S/C17H22N2O/c1-20-17-7-6-13-4-2-3-5-15(13)16(17)12-19-10-8-14(18)9-11-19/h2-7,14H,8-12,18H2,1H3. The Morgan fingerprint density at radius 2 is 1.90 bits per heavy atom. The van der Waals surface area contributed by atoms with Gasteiger partial charge in [-0.3, -0.25) is 4.90 Å². The molecule has 1 saturated heterocycles. The Balaban J connectivity index is 1.92. The second kappa shape index (κ2) is 5.81. The van der Waals surface area contributed by atoms with E-state index in [4.69, 9.17) is 10.5 Å². The van der Waals surface area contributed by atoms with E-state index in [0.717, 1.165) is 38.2 Å². The number of hydrogen-bond donors (Lipinski definition) is 1. The van der Waals surface area contributed by atoms with Crippen molar-refractivity contribution in [2.75, 3.05) is 20.2 Å². The average Bonchev–Trinajstić information content (AvgIpc) is 2.50. The second-order valence-corrected chi connectivity index (χ2v) is 5.58. The summed E-state index contributed by atoms with van der Waals surface area (Å²) < 4.78 is 5.56. The molecular weight excluding hydrogens is 248 g/mol. The van der Waals surface area contributed by atoms with E-state index in [1.165, 1.54) is 16.3 Å². The van der Waals surface area contributed by atoms with Crippen LogP contribution in [0, 0.1) is 0 Å². The Hall–Kier alpha value is -1.58. The summed E-state index contributed by atoms with van der Waals surface area (Å²) in [6, 6.07) is 13.1. The maximum atomic E-state index is 5.99. The summed E-state index contributed by atoms with van der Waals surface area (Å²) in [5, 5.41) is 2.57. The molecule has 0 aliphatic carbocycles. The van der Waals surface area contributed by atoms with Gasteiger partial charge in [0, 0.05) is 18.2 Å². The second-order valence-electron chi connectivity index (χ2n) is 5.58. The van der Waals surface area contributed by atoms with E-state index in [2.05, 4.69) is 41.3 Å². The van der Waals surface area contributed by atoms with Crippen LogP contribution in [0.15, 0.2) is 36.4 Å². The van der Waals surface area contributed by atoms with Gasteiger partial charge in [-0.1, -0.05) is 30.3 Å². The van der Waals surface area contributed by atoms with E-state index in [1.807, 2.05) is 0 Å². The summed E-state index contributed by atoms with van der Waals surface area (Å²) in [6.45, 7) is 3.10. The van der Waals surface area contributed by atoms with Crippen LogP contribution in [0.2, 0.25) is 0 Å². The summed E-state index contributed by atoms with van der Waals surface area (Å²) in [5.41, 5.74) is 7.28. The highest BCUT2D eigenvalue weighted by Crippen LogP contribution is 2.29. The van der Waals surface area contributed by atoms with Crippen molar-refractivity contribution in [3.05, 3.63) is 42.0 Å². The van der Waals surface area contributed by atoms with Crippen molar-refractivity contribution in [2.45, 2.75) is 25.4 Å². The normalized spacial score (nSPS) is 17.5. The van der Waals surface area contributed by atoms with Crippen LogP contribution >= 0.6 is 0 Å². The minimum Gasteiger partial charge on any atom is -0.496 e. The lowest BCUT2D eigenvalue weighted by Gasteiger charge is -2.30. The number of rotatable bonds is 3. The number of fused-ring (bicyclic) bond motifs is 1. The fraction of sp³-hybridized carbons (Fsp3) is 0.412. The van der Waals surface area contributed by atoms with E-state index in [-0.39, 0.29) is 0 Å². The molecule has 0 bridgehead atoms. The van der Waals surface area contributed by atoms with E-state index in [1.54, 1.807) is 7.11 Å². The first-order valence-corrected chi connectivity index (χ1v) is 7.30. The molecule has 2 N–H and O–H groups in total. The van der Waals surface area contributed by atoms with Crippen molar-refractivity contribution in [2.24, 2.45) is 5.73 Å². The van der Waals surface area contributed by atoms with Gasteiger partial charge in [0.25, 0.3) is 0 Å². The van der Waals surface area contributed by atoms with Crippen molar-refractivity contribution in [3.63, 3.8) is 0 Å². The van der Waals surface area contributed by atoms with Gasteiger partial charge in [0.15, 0.2) is 0 Å². The Bertz CT molecular complexity index is 589. The summed E-state index contributed by atoms with van der Waals surface area (Å²) in [7, 11) is 1.75. The molecule has 0 spiro atoms.